The Hall–Kier alpha value is -3.69. The number of benzene rings is 2. The lowest BCUT2D eigenvalue weighted by Gasteiger charge is -2.24. The Kier molecular flexibility index (Phi) is 6.99. The van der Waals surface area contributed by atoms with Crippen molar-refractivity contribution in [3.63, 3.8) is 0 Å². The molecule has 1 aliphatic rings. The number of ether oxygens (including phenoxy) is 2. The molecule has 0 saturated heterocycles. The zero-order chi connectivity index (χ0) is 26.1. The van der Waals surface area contributed by atoms with Crippen LogP contribution in [0.15, 0.2) is 90.6 Å². The third-order valence-corrected chi connectivity index (χ3v) is 7.43. The number of aromatic nitrogens is 1. The third kappa shape index (κ3) is 4.84. The third-order valence-electron chi connectivity index (χ3n) is 5.96. The summed E-state index contributed by atoms with van der Waals surface area (Å²) in [6.07, 6.45) is 1.71. The Labute approximate surface area is 225 Å². The van der Waals surface area contributed by atoms with Crippen LogP contribution in [0.4, 0.5) is 0 Å². The quantitative estimate of drug-likeness (QED) is 0.306. The highest BCUT2D eigenvalue weighted by molar-refractivity contribution is 9.10. The summed E-state index contributed by atoms with van der Waals surface area (Å²) in [7, 11) is 1.59. The fraction of sp³-hybridized carbons (Fsp3) is 0.179. The molecule has 4 aromatic rings. The highest BCUT2D eigenvalue weighted by atomic mass is 79.9. The summed E-state index contributed by atoms with van der Waals surface area (Å²) in [6, 6.07) is 18.1. The number of fused-ring (bicyclic) bond motifs is 1. The average molecular weight is 579 g/mol. The van der Waals surface area contributed by atoms with Crippen LogP contribution < -0.4 is 19.6 Å². The Balaban J connectivity index is 1.63. The van der Waals surface area contributed by atoms with Crippen LogP contribution in [0.5, 0.6) is 5.75 Å². The number of methoxy groups -OCH3 is 1. The minimum absolute atomic E-state index is 0.216. The van der Waals surface area contributed by atoms with E-state index in [1.165, 1.54) is 11.3 Å². The van der Waals surface area contributed by atoms with Crippen molar-refractivity contribution in [3.05, 3.63) is 107 Å². The van der Waals surface area contributed by atoms with Crippen molar-refractivity contribution in [2.45, 2.75) is 19.9 Å². The van der Waals surface area contributed by atoms with Crippen molar-refractivity contribution in [2.75, 3.05) is 13.7 Å². The molecule has 0 spiro atoms. The smallest absolute Gasteiger partial charge is 0.338 e. The maximum atomic E-state index is 13.7. The molecular formula is C28H23BrN2O5S. The first kappa shape index (κ1) is 25.0. The molecule has 188 valence electrons. The second kappa shape index (κ2) is 10.4. The number of allylic oxidation sites excluding steroid dienone is 1. The molecule has 5 rings (SSSR count). The van der Waals surface area contributed by atoms with E-state index in [1.807, 2.05) is 48.5 Å². The normalized spacial score (nSPS) is 15.4. The number of rotatable bonds is 6. The van der Waals surface area contributed by atoms with Crippen molar-refractivity contribution >= 4 is 39.3 Å². The maximum absolute atomic E-state index is 13.7. The zero-order valence-electron chi connectivity index (χ0n) is 20.4. The summed E-state index contributed by atoms with van der Waals surface area (Å²) in [5, 5.41) is 0. The summed E-state index contributed by atoms with van der Waals surface area (Å²) in [5.74, 6) is 1.41. The first-order chi connectivity index (χ1) is 17.9. The van der Waals surface area contributed by atoms with Crippen LogP contribution in [-0.2, 0) is 9.53 Å². The minimum Gasteiger partial charge on any atom is -0.497 e. The number of furan rings is 1. The number of hydrogen-bond acceptors (Lipinski definition) is 7. The van der Waals surface area contributed by atoms with Crippen LogP contribution in [0.3, 0.4) is 0 Å². The van der Waals surface area contributed by atoms with Gasteiger partial charge >= 0.3 is 5.97 Å². The average Bonchev–Trinajstić information content (AvgIpc) is 3.48. The van der Waals surface area contributed by atoms with Gasteiger partial charge in [-0.15, -0.1) is 0 Å². The second-order valence-electron chi connectivity index (χ2n) is 8.29. The number of nitrogens with zero attached hydrogens (tertiary/aromatic N) is 2. The maximum Gasteiger partial charge on any atom is 0.338 e. The molecule has 1 aliphatic heterocycles. The minimum atomic E-state index is -0.683. The van der Waals surface area contributed by atoms with Crippen molar-refractivity contribution in [1.29, 1.82) is 0 Å². The predicted octanol–water partition coefficient (Wildman–Crippen LogP) is 4.83. The Bertz CT molecular complexity index is 1700. The van der Waals surface area contributed by atoms with Gasteiger partial charge in [-0.2, -0.15) is 0 Å². The van der Waals surface area contributed by atoms with Crippen molar-refractivity contribution in [3.8, 4) is 17.1 Å². The van der Waals surface area contributed by atoms with Gasteiger partial charge in [-0.3, -0.25) is 9.36 Å². The van der Waals surface area contributed by atoms with Gasteiger partial charge in [-0.25, -0.2) is 9.79 Å². The molecule has 37 heavy (non-hydrogen) atoms. The van der Waals surface area contributed by atoms with E-state index >= 15 is 0 Å². The van der Waals surface area contributed by atoms with Gasteiger partial charge < -0.3 is 13.9 Å². The van der Waals surface area contributed by atoms with Gasteiger partial charge in [-0.1, -0.05) is 51.5 Å². The van der Waals surface area contributed by atoms with Gasteiger partial charge in [0.25, 0.3) is 5.56 Å². The van der Waals surface area contributed by atoms with E-state index in [0.29, 0.717) is 37.9 Å². The Morgan fingerprint density at radius 2 is 1.97 bits per heavy atom. The molecule has 1 unspecified atom stereocenters. The van der Waals surface area contributed by atoms with Gasteiger partial charge in [0.1, 0.15) is 17.3 Å². The lowest BCUT2D eigenvalue weighted by Crippen LogP contribution is -2.39. The van der Waals surface area contributed by atoms with E-state index in [1.54, 1.807) is 43.7 Å². The van der Waals surface area contributed by atoms with E-state index in [-0.39, 0.29) is 12.2 Å². The van der Waals surface area contributed by atoms with E-state index in [4.69, 9.17) is 13.9 Å². The molecule has 1 atom stereocenters. The molecule has 3 heterocycles. The van der Waals surface area contributed by atoms with E-state index in [9.17, 15) is 9.59 Å². The van der Waals surface area contributed by atoms with Gasteiger partial charge in [-0.05, 0) is 55.8 Å². The molecule has 0 fully saturated rings. The lowest BCUT2D eigenvalue weighted by molar-refractivity contribution is -0.139. The van der Waals surface area contributed by atoms with E-state index in [0.717, 1.165) is 15.6 Å². The summed E-state index contributed by atoms with van der Waals surface area (Å²) in [5.41, 5.74) is 2.26. The summed E-state index contributed by atoms with van der Waals surface area (Å²) >= 11 is 4.73. The van der Waals surface area contributed by atoms with Gasteiger partial charge in [0.2, 0.25) is 0 Å². The monoisotopic (exact) mass is 578 g/mol. The second-order valence-corrected chi connectivity index (χ2v) is 10.2. The molecule has 0 amide bonds. The first-order valence-electron chi connectivity index (χ1n) is 11.6. The Morgan fingerprint density at radius 1 is 1.19 bits per heavy atom. The van der Waals surface area contributed by atoms with Crippen LogP contribution in [-0.4, -0.2) is 24.3 Å². The molecule has 0 saturated carbocycles. The van der Waals surface area contributed by atoms with Gasteiger partial charge in [0, 0.05) is 16.1 Å². The standard InChI is InChI=1S/C28H23BrN2O5S/c1-4-35-27(33)24-16(2)30-28-31(25(24)17-8-10-20(34-3)11-9-17)26(32)23(37-28)15-21-12-13-22(36-21)18-6-5-7-19(29)14-18/h5-15,25H,4H2,1-3H3/b23-15+. The number of esters is 1. The number of carbonyl (C=O) groups excluding carboxylic acids is 1. The van der Waals surface area contributed by atoms with Crippen molar-refractivity contribution in [1.82, 2.24) is 4.57 Å². The summed E-state index contributed by atoms with van der Waals surface area (Å²) in [4.78, 5) is 31.8. The number of halogens is 1. The molecule has 7 nitrogen and oxygen atoms in total. The highest BCUT2D eigenvalue weighted by Gasteiger charge is 2.33. The van der Waals surface area contributed by atoms with Gasteiger partial charge in [0.15, 0.2) is 4.80 Å². The molecule has 0 aliphatic carbocycles. The van der Waals surface area contributed by atoms with Gasteiger partial charge in [0.05, 0.1) is 35.6 Å². The van der Waals surface area contributed by atoms with E-state index in [2.05, 4.69) is 20.9 Å². The lowest BCUT2D eigenvalue weighted by atomic mass is 9.96. The topological polar surface area (TPSA) is 83.0 Å². The van der Waals surface area contributed by atoms with Crippen LogP contribution in [0.2, 0.25) is 0 Å². The predicted molar refractivity (Wildman–Crippen MR) is 145 cm³/mol. The van der Waals surface area contributed by atoms with E-state index < -0.39 is 12.0 Å². The summed E-state index contributed by atoms with van der Waals surface area (Å²) in [6.45, 7) is 3.72. The summed E-state index contributed by atoms with van der Waals surface area (Å²) < 4.78 is 19.6. The fourth-order valence-electron chi connectivity index (χ4n) is 4.25. The van der Waals surface area contributed by atoms with Crippen LogP contribution in [0.25, 0.3) is 17.4 Å². The van der Waals surface area contributed by atoms with Crippen molar-refractivity contribution in [2.24, 2.45) is 4.99 Å². The fourth-order valence-corrected chi connectivity index (χ4v) is 5.68. The molecule has 2 aromatic heterocycles. The van der Waals surface area contributed by atoms with Crippen LogP contribution >= 0.6 is 27.3 Å². The largest absolute Gasteiger partial charge is 0.497 e. The van der Waals surface area contributed by atoms with Crippen LogP contribution in [0, 0.1) is 0 Å². The first-order valence-corrected chi connectivity index (χ1v) is 13.2. The number of carbonyl (C=O) groups is 1. The number of thiazole rings is 1. The van der Waals surface area contributed by atoms with Crippen molar-refractivity contribution < 1.29 is 18.7 Å². The molecule has 0 radical (unpaired) electrons. The molecular weight excluding hydrogens is 556 g/mol. The molecule has 2 aromatic carbocycles. The zero-order valence-corrected chi connectivity index (χ0v) is 22.8. The molecule has 0 N–H and O–H groups in total. The number of hydrogen-bond donors (Lipinski definition) is 0. The molecule has 9 heteroatoms. The Morgan fingerprint density at radius 3 is 2.68 bits per heavy atom. The van der Waals surface area contributed by atoms with Crippen LogP contribution in [0.1, 0.15) is 31.2 Å². The molecule has 0 bridgehead atoms. The SMILES string of the molecule is CCOC(=O)C1=C(C)N=c2s/c(=C/c3ccc(-c4cccc(Br)c4)o3)c(=O)n2C1c1ccc(OC)cc1. The highest BCUT2D eigenvalue weighted by Crippen LogP contribution is 2.31.